The number of nitrogens with zero attached hydrogens (tertiary/aromatic N) is 3. The zero-order chi connectivity index (χ0) is 11.2. The van der Waals surface area contributed by atoms with Gasteiger partial charge in [0, 0.05) is 18.8 Å². The van der Waals surface area contributed by atoms with Gasteiger partial charge in [0.1, 0.15) is 0 Å². The van der Waals surface area contributed by atoms with E-state index < -0.39 is 0 Å². The van der Waals surface area contributed by atoms with Gasteiger partial charge in [0.2, 0.25) is 0 Å². The van der Waals surface area contributed by atoms with Crippen LogP contribution in [0.4, 0.5) is 0 Å². The Bertz CT molecular complexity index is 285. The molecule has 90 valence electrons. The Labute approximate surface area is 96.4 Å². The molecule has 0 saturated heterocycles. The SMILES string of the molecule is NCC1CCCCC1NCCn1ccnn1. The second-order valence-electron chi connectivity index (χ2n) is 4.51. The van der Waals surface area contributed by atoms with E-state index in [9.17, 15) is 0 Å². The van der Waals surface area contributed by atoms with Crippen molar-refractivity contribution in [3.63, 3.8) is 0 Å². The lowest BCUT2D eigenvalue weighted by molar-refractivity contribution is 0.265. The van der Waals surface area contributed by atoms with Gasteiger partial charge in [-0.1, -0.05) is 18.1 Å². The van der Waals surface area contributed by atoms with Crippen molar-refractivity contribution < 1.29 is 0 Å². The molecule has 5 nitrogen and oxygen atoms in total. The monoisotopic (exact) mass is 223 g/mol. The molecule has 16 heavy (non-hydrogen) atoms. The largest absolute Gasteiger partial charge is 0.330 e. The van der Waals surface area contributed by atoms with Crippen molar-refractivity contribution in [1.29, 1.82) is 0 Å². The molecule has 5 heteroatoms. The first kappa shape index (κ1) is 11.5. The van der Waals surface area contributed by atoms with Gasteiger partial charge < -0.3 is 11.1 Å². The van der Waals surface area contributed by atoms with Crippen molar-refractivity contribution in [1.82, 2.24) is 20.3 Å². The highest BCUT2D eigenvalue weighted by atomic mass is 15.4. The molecule has 1 fully saturated rings. The molecule has 1 heterocycles. The summed E-state index contributed by atoms with van der Waals surface area (Å²) in [6.45, 7) is 2.64. The maximum atomic E-state index is 5.79. The fourth-order valence-electron chi connectivity index (χ4n) is 2.47. The predicted molar refractivity (Wildman–Crippen MR) is 62.8 cm³/mol. The summed E-state index contributed by atoms with van der Waals surface area (Å²) >= 11 is 0. The minimum Gasteiger partial charge on any atom is -0.330 e. The molecule has 0 aromatic carbocycles. The maximum absolute atomic E-state index is 5.79. The lowest BCUT2D eigenvalue weighted by Gasteiger charge is -2.31. The smallest absolute Gasteiger partial charge is 0.0692 e. The van der Waals surface area contributed by atoms with Crippen LogP contribution in [0.3, 0.4) is 0 Å². The summed E-state index contributed by atoms with van der Waals surface area (Å²) in [6.07, 6.45) is 8.81. The van der Waals surface area contributed by atoms with E-state index in [1.165, 1.54) is 25.7 Å². The van der Waals surface area contributed by atoms with E-state index in [0.717, 1.165) is 19.6 Å². The first-order valence-electron chi connectivity index (χ1n) is 6.17. The Balaban J connectivity index is 1.71. The van der Waals surface area contributed by atoms with Crippen molar-refractivity contribution in [3.8, 4) is 0 Å². The molecule has 0 radical (unpaired) electrons. The Hall–Kier alpha value is -0.940. The van der Waals surface area contributed by atoms with E-state index in [2.05, 4.69) is 15.6 Å². The van der Waals surface area contributed by atoms with E-state index >= 15 is 0 Å². The summed E-state index contributed by atoms with van der Waals surface area (Å²) in [5.74, 6) is 0.657. The van der Waals surface area contributed by atoms with E-state index in [4.69, 9.17) is 5.73 Å². The van der Waals surface area contributed by atoms with Crippen molar-refractivity contribution in [2.45, 2.75) is 38.3 Å². The van der Waals surface area contributed by atoms with Gasteiger partial charge in [-0.15, -0.1) is 5.10 Å². The molecule has 1 aliphatic rings. The number of rotatable bonds is 5. The fraction of sp³-hybridized carbons (Fsp3) is 0.818. The molecule has 0 spiro atoms. The Morgan fingerprint density at radius 1 is 1.38 bits per heavy atom. The first-order chi connectivity index (χ1) is 7.90. The molecule has 0 aliphatic heterocycles. The quantitative estimate of drug-likeness (QED) is 0.757. The summed E-state index contributed by atoms with van der Waals surface area (Å²) in [4.78, 5) is 0. The normalized spacial score (nSPS) is 25.8. The number of nitrogens with two attached hydrogens (primary N) is 1. The summed E-state index contributed by atoms with van der Waals surface area (Å²) in [5.41, 5.74) is 5.79. The predicted octanol–water partition coefficient (Wildman–Crippen LogP) is 0.385. The molecule has 2 unspecified atom stereocenters. The molecule has 1 aliphatic carbocycles. The van der Waals surface area contributed by atoms with Crippen LogP contribution in [0.1, 0.15) is 25.7 Å². The van der Waals surface area contributed by atoms with E-state index in [0.29, 0.717) is 12.0 Å². The van der Waals surface area contributed by atoms with E-state index in [1.807, 2.05) is 10.9 Å². The van der Waals surface area contributed by atoms with Gasteiger partial charge in [0.05, 0.1) is 12.7 Å². The molecule has 3 N–H and O–H groups in total. The molecular formula is C11H21N5. The van der Waals surface area contributed by atoms with Crippen molar-refractivity contribution in [3.05, 3.63) is 12.4 Å². The highest BCUT2D eigenvalue weighted by Crippen LogP contribution is 2.23. The third-order valence-electron chi connectivity index (χ3n) is 3.43. The minimum atomic E-state index is 0.599. The van der Waals surface area contributed by atoms with Crippen LogP contribution in [0.2, 0.25) is 0 Å². The molecule has 1 aromatic heterocycles. The summed E-state index contributed by atoms with van der Waals surface area (Å²) in [7, 11) is 0. The van der Waals surface area contributed by atoms with Gasteiger partial charge in [0.15, 0.2) is 0 Å². The third kappa shape index (κ3) is 3.02. The van der Waals surface area contributed by atoms with Gasteiger partial charge >= 0.3 is 0 Å². The van der Waals surface area contributed by atoms with Crippen LogP contribution in [-0.2, 0) is 6.54 Å². The Morgan fingerprint density at radius 3 is 3.00 bits per heavy atom. The van der Waals surface area contributed by atoms with Crippen LogP contribution in [0, 0.1) is 5.92 Å². The van der Waals surface area contributed by atoms with E-state index in [-0.39, 0.29) is 0 Å². The van der Waals surface area contributed by atoms with Crippen LogP contribution in [0.25, 0.3) is 0 Å². The fourth-order valence-corrected chi connectivity index (χ4v) is 2.47. The highest BCUT2D eigenvalue weighted by molar-refractivity contribution is 4.81. The summed E-state index contributed by atoms with van der Waals surface area (Å²) < 4.78 is 1.85. The number of hydrogen-bond donors (Lipinski definition) is 2. The van der Waals surface area contributed by atoms with E-state index in [1.54, 1.807) is 6.20 Å². The van der Waals surface area contributed by atoms with Crippen LogP contribution in [0.5, 0.6) is 0 Å². The van der Waals surface area contributed by atoms with Gasteiger partial charge in [-0.2, -0.15) is 0 Å². The molecule has 2 atom stereocenters. The number of hydrogen-bond acceptors (Lipinski definition) is 4. The van der Waals surface area contributed by atoms with Gasteiger partial charge in [-0.05, 0) is 25.3 Å². The third-order valence-corrected chi connectivity index (χ3v) is 3.43. The van der Waals surface area contributed by atoms with Crippen LogP contribution in [0.15, 0.2) is 12.4 Å². The molecule has 1 aromatic rings. The molecule has 0 bridgehead atoms. The Morgan fingerprint density at radius 2 is 2.25 bits per heavy atom. The molecule has 2 rings (SSSR count). The summed E-state index contributed by atoms with van der Waals surface area (Å²) in [5, 5.41) is 11.3. The lowest BCUT2D eigenvalue weighted by Crippen LogP contribution is -2.43. The standard InChI is InChI=1S/C11H21N5/c12-9-10-3-1-2-4-11(10)13-5-7-16-8-6-14-15-16/h6,8,10-11,13H,1-5,7,9,12H2. The van der Waals surface area contributed by atoms with Gasteiger partial charge in [0.25, 0.3) is 0 Å². The van der Waals surface area contributed by atoms with Crippen LogP contribution >= 0.6 is 0 Å². The average Bonchev–Trinajstić information content (AvgIpc) is 2.83. The zero-order valence-corrected chi connectivity index (χ0v) is 9.68. The first-order valence-corrected chi connectivity index (χ1v) is 6.17. The number of aromatic nitrogens is 3. The topological polar surface area (TPSA) is 68.8 Å². The molecular weight excluding hydrogens is 202 g/mol. The number of nitrogens with one attached hydrogen (secondary N) is 1. The van der Waals surface area contributed by atoms with Crippen molar-refractivity contribution in [2.75, 3.05) is 13.1 Å². The van der Waals surface area contributed by atoms with Gasteiger partial charge in [-0.25, -0.2) is 0 Å². The second-order valence-corrected chi connectivity index (χ2v) is 4.51. The molecule has 0 amide bonds. The summed E-state index contributed by atoms with van der Waals surface area (Å²) in [6, 6.07) is 0.599. The average molecular weight is 223 g/mol. The lowest BCUT2D eigenvalue weighted by atomic mass is 9.84. The van der Waals surface area contributed by atoms with Crippen molar-refractivity contribution >= 4 is 0 Å². The maximum Gasteiger partial charge on any atom is 0.0692 e. The van der Waals surface area contributed by atoms with Crippen LogP contribution < -0.4 is 11.1 Å². The highest BCUT2D eigenvalue weighted by Gasteiger charge is 2.22. The zero-order valence-electron chi connectivity index (χ0n) is 9.68. The van der Waals surface area contributed by atoms with Crippen molar-refractivity contribution in [2.24, 2.45) is 11.7 Å². The Kier molecular flexibility index (Phi) is 4.30. The second kappa shape index (κ2) is 5.96. The minimum absolute atomic E-state index is 0.599. The molecule has 1 saturated carbocycles. The van der Waals surface area contributed by atoms with Gasteiger partial charge in [-0.3, -0.25) is 4.68 Å². The van der Waals surface area contributed by atoms with Crippen LogP contribution in [-0.4, -0.2) is 34.1 Å².